The molecular formula is C22H20N4O5S. The lowest BCUT2D eigenvalue weighted by Gasteiger charge is -2.07. The molecule has 0 fully saturated rings. The van der Waals surface area contributed by atoms with Gasteiger partial charge >= 0.3 is 5.97 Å². The summed E-state index contributed by atoms with van der Waals surface area (Å²) >= 11 is 1.23. The highest BCUT2D eigenvalue weighted by molar-refractivity contribution is 7.99. The standard InChI is InChI=1S/C22H20N4O5S/c1-3-26-20(17-11-13-6-5-9-16(30-2)19(13)31-17)24-25-22(26)32-12-18(27)23-15-8-4-7-14(10-15)21(28)29/h4-11H,3,12H2,1-2H3,(H,23,27)(H,28,29). The summed E-state index contributed by atoms with van der Waals surface area (Å²) in [6.07, 6.45) is 0. The van der Waals surface area contributed by atoms with Crippen molar-refractivity contribution in [2.45, 2.75) is 18.6 Å². The normalized spacial score (nSPS) is 10.9. The molecule has 0 bridgehead atoms. The van der Waals surface area contributed by atoms with E-state index in [1.54, 1.807) is 19.2 Å². The van der Waals surface area contributed by atoms with Crippen LogP contribution in [0.2, 0.25) is 0 Å². The largest absolute Gasteiger partial charge is 0.493 e. The quantitative estimate of drug-likeness (QED) is 0.383. The number of anilines is 1. The first-order valence-electron chi connectivity index (χ1n) is 9.76. The second kappa shape index (κ2) is 9.15. The van der Waals surface area contributed by atoms with Gasteiger partial charge in [-0.1, -0.05) is 30.0 Å². The zero-order valence-electron chi connectivity index (χ0n) is 17.4. The maximum Gasteiger partial charge on any atom is 0.335 e. The van der Waals surface area contributed by atoms with Crippen molar-refractivity contribution in [3.63, 3.8) is 0 Å². The third-order valence-corrected chi connectivity index (χ3v) is 5.67. The molecule has 2 N–H and O–H groups in total. The van der Waals surface area contributed by atoms with Crippen molar-refractivity contribution in [3.05, 3.63) is 54.1 Å². The van der Waals surface area contributed by atoms with E-state index in [0.29, 0.717) is 40.3 Å². The lowest BCUT2D eigenvalue weighted by atomic mass is 10.2. The van der Waals surface area contributed by atoms with E-state index in [1.807, 2.05) is 35.8 Å². The van der Waals surface area contributed by atoms with Crippen LogP contribution >= 0.6 is 11.8 Å². The number of rotatable bonds is 8. The van der Waals surface area contributed by atoms with Gasteiger partial charge in [-0.3, -0.25) is 9.36 Å². The van der Waals surface area contributed by atoms with Gasteiger partial charge in [0, 0.05) is 17.6 Å². The lowest BCUT2D eigenvalue weighted by molar-refractivity contribution is -0.113. The van der Waals surface area contributed by atoms with Crippen LogP contribution in [-0.2, 0) is 11.3 Å². The third-order valence-electron chi connectivity index (χ3n) is 4.71. The van der Waals surface area contributed by atoms with E-state index in [0.717, 1.165) is 5.39 Å². The number of furan rings is 1. The van der Waals surface area contributed by atoms with Crippen molar-refractivity contribution in [1.82, 2.24) is 14.8 Å². The number of nitrogens with one attached hydrogen (secondary N) is 1. The van der Waals surface area contributed by atoms with E-state index < -0.39 is 5.97 Å². The molecular weight excluding hydrogens is 432 g/mol. The molecule has 0 saturated carbocycles. The number of hydrogen-bond donors (Lipinski definition) is 2. The topological polar surface area (TPSA) is 119 Å². The predicted octanol–water partition coefficient (Wildman–Crippen LogP) is 4.15. The van der Waals surface area contributed by atoms with Gasteiger partial charge in [0.2, 0.25) is 11.7 Å². The van der Waals surface area contributed by atoms with Crippen LogP contribution in [-0.4, -0.2) is 44.6 Å². The van der Waals surface area contributed by atoms with E-state index in [-0.39, 0.29) is 17.2 Å². The molecule has 0 aliphatic heterocycles. The summed E-state index contributed by atoms with van der Waals surface area (Å²) in [6, 6.07) is 13.6. The molecule has 2 heterocycles. The van der Waals surface area contributed by atoms with Gasteiger partial charge in [0.25, 0.3) is 0 Å². The summed E-state index contributed by atoms with van der Waals surface area (Å²) in [5.74, 6) is 0.502. The Morgan fingerprint density at radius 3 is 2.75 bits per heavy atom. The number of aromatic nitrogens is 3. The van der Waals surface area contributed by atoms with Crippen LogP contribution in [0.25, 0.3) is 22.6 Å². The molecule has 4 aromatic rings. The van der Waals surface area contributed by atoms with E-state index in [9.17, 15) is 9.59 Å². The van der Waals surface area contributed by atoms with Gasteiger partial charge in [-0.05, 0) is 37.3 Å². The zero-order chi connectivity index (χ0) is 22.7. The maximum absolute atomic E-state index is 12.4. The van der Waals surface area contributed by atoms with Gasteiger partial charge in [-0.25, -0.2) is 4.79 Å². The van der Waals surface area contributed by atoms with Crippen LogP contribution in [0.3, 0.4) is 0 Å². The highest BCUT2D eigenvalue weighted by Crippen LogP contribution is 2.33. The van der Waals surface area contributed by atoms with Crippen molar-refractivity contribution in [2.75, 3.05) is 18.2 Å². The number of carbonyl (C=O) groups is 2. The number of carbonyl (C=O) groups excluding carboxylic acids is 1. The Balaban J connectivity index is 1.49. The van der Waals surface area contributed by atoms with Crippen LogP contribution < -0.4 is 10.1 Å². The van der Waals surface area contributed by atoms with Crippen LogP contribution in [0.1, 0.15) is 17.3 Å². The second-order valence-corrected chi connectivity index (χ2v) is 7.71. The minimum Gasteiger partial charge on any atom is -0.493 e. The molecule has 164 valence electrons. The van der Waals surface area contributed by atoms with Gasteiger partial charge in [0.05, 0.1) is 18.4 Å². The van der Waals surface area contributed by atoms with Crippen LogP contribution in [0.4, 0.5) is 5.69 Å². The number of hydrogen-bond acceptors (Lipinski definition) is 7. The van der Waals surface area contributed by atoms with E-state index in [2.05, 4.69) is 15.5 Å². The molecule has 0 aliphatic rings. The van der Waals surface area contributed by atoms with E-state index in [1.165, 1.54) is 23.9 Å². The smallest absolute Gasteiger partial charge is 0.335 e. The number of ether oxygens (including phenoxy) is 1. The molecule has 2 aromatic heterocycles. The molecule has 9 nitrogen and oxygen atoms in total. The van der Waals surface area contributed by atoms with Crippen molar-refractivity contribution < 1.29 is 23.8 Å². The molecule has 0 aliphatic carbocycles. The molecule has 32 heavy (non-hydrogen) atoms. The molecule has 1 amide bonds. The van der Waals surface area contributed by atoms with Crippen LogP contribution in [0.5, 0.6) is 5.75 Å². The molecule has 0 saturated heterocycles. The summed E-state index contributed by atoms with van der Waals surface area (Å²) in [7, 11) is 1.59. The summed E-state index contributed by atoms with van der Waals surface area (Å²) in [5.41, 5.74) is 1.16. The van der Waals surface area contributed by atoms with Gasteiger partial charge < -0.3 is 19.6 Å². The average molecular weight is 452 g/mol. The van der Waals surface area contributed by atoms with Crippen LogP contribution in [0, 0.1) is 0 Å². The Kier molecular flexibility index (Phi) is 6.13. The fourth-order valence-electron chi connectivity index (χ4n) is 3.23. The summed E-state index contributed by atoms with van der Waals surface area (Å²) in [6.45, 7) is 2.54. The SMILES string of the molecule is CCn1c(SCC(=O)Nc2cccc(C(=O)O)c2)nnc1-c1cc2cccc(OC)c2o1. The van der Waals surface area contributed by atoms with Crippen molar-refractivity contribution >= 4 is 40.3 Å². The van der Waals surface area contributed by atoms with E-state index >= 15 is 0 Å². The molecule has 2 aromatic carbocycles. The first kappa shape index (κ1) is 21.4. The number of nitrogens with zero attached hydrogens (tertiary/aromatic N) is 3. The molecule has 0 unspecified atom stereocenters. The summed E-state index contributed by atoms with van der Waals surface area (Å²) < 4.78 is 13.2. The van der Waals surface area contributed by atoms with Gasteiger partial charge in [0.1, 0.15) is 0 Å². The minimum atomic E-state index is -1.05. The number of para-hydroxylation sites is 1. The Morgan fingerprint density at radius 2 is 2.00 bits per heavy atom. The van der Waals surface area contributed by atoms with Gasteiger partial charge in [-0.2, -0.15) is 0 Å². The molecule has 0 radical (unpaired) electrons. The van der Waals surface area contributed by atoms with E-state index in [4.69, 9.17) is 14.3 Å². The predicted molar refractivity (Wildman–Crippen MR) is 120 cm³/mol. The van der Waals surface area contributed by atoms with Crippen molar-refractivity contribution in [3.8, 4) is 17.3 Å². The second-order valence-electron chi connectivity index (χ2n) is 6.76. The fourth-order valence-corrected chi connectivity index (χ4v) is 4.03. The number of aromatic carboxylic acids is 1. The Bertz CT molecular complexity index is 1300. The number of amides is 1. The Morgan fingerprint density at radius 1 is 1.19 bits per heavy atom. The summed E-state index contributed by atoms with van der Waals surface area (Å²) in [5, 5.41) is 21.7. The molecule has 0 spiro atoms. The highest BCUT2D eigenvalue weighted by atomic mass is 32.2. The number of carboxylic acid groups (broad SMARTS) is 1. The molecule has 10 heteroatoms. The molecule has 4 rings (SSSR count). The number of fused-ring (bicyclic) bond motifs is 1. The monoisotopic (exact) mass is 452 g/mol. The number of methoxy groups -OCH3 is 1. The molecule has 0 atom stereocenters. The minimum absolute atomic E-state index is 0.0867. The number of benzene rings is 2. The van der Waals surface area contributed by atoms with Gasteiger partial charge in [0.15, 0.2) is 22.2 Å². The third kappa shape index (κ3) is 4.30. The number of carboxylic acids is 1. The fraction of sp³-hybridized carbons (Fsp3) is 0.182. The first-order valence-corrected chi connectivity index (χ1v) is 10.7. The van der Waals surface area contributed by atoms with Gasteiger partial charge in [-0.15, -0.1) is 10.2 Å². The zero-order valence-corrected chi connectivity index (χ0v) is 18.2. The maximum atomic E-state index is 12.4. The van der Waals surface area contributed by atoms with Crippen LogP contribution in [0.15, 0.2) is 58.1 Å². The lowest BCUT2D eigenvalue weighted by Crippen LogP contribution is -2.15. The Hall–Kier alpha value is -3.79. The van der Waals surface area contributed by atoms with Crippen molar-refractivity contribution in [1.29, 1.82) is 0 Å². The number of thioether (sulfide) groups is 1. The van der Waals surface area contributed by atoms with Crippen molar-refractivity contribution in [2.24, 2.45) is 0 Å². The highest BCUT2D eigenvalue weighted by Gasteiger charge is 2.19. The Labute approximate surface area is 187 Å². The average Bonchev–Trinajstić information content (AvgIpc) is 3.41. The summed E-state index contributed by atoms with van der Waals surface area (Å²) in [4.78, 5) is 23.4. The first-order chi connectivity index (χ1) is 15.5.